The minimum atomic E-state index is -3.79. The molecular formula is C11H16N2O5S. The summed E-state index contributed by atoms with van der Waals surface area (Å²) in [6.45, 7) is 3.15. The molecule has 0 aromatic heterocycles. The third-order valence-electron chi connectivity index (χ3n) is 2.75. The molecule has 7 nitrogen and oxygen atoms in total. The zero-order valence-corrected chi connectivity index (χ0v) is 11.5. The highest BCUT2D eigenvalue weighted by Gasteiger charge is 2.21. The molecule has 106 valence electrons. The second-order valence-corrected chi connectivity index (χ2v) is 5.88. The van der Waals surface area contributed by atoms with Crippen LogP contribution in [0.5, 0.6) is 0 Å². The Balaban J connectivity index is 3.17. The van der Waals surface area contributed by atoms with Gasteiger partial charge in [0.15, 0.2) is 0 Å². The monoisotopic (exact) mass is 288 g/mol. The number of nitro benzene ring substituents is 1. The van der Waals surface area contributed by atoms with Crippen molar-refractivity contribution in [1.29, 1.82) is 0 Å². The lowest BCUT2D eigenvalue weighted by atomic mass is 10.1. The number of sulfonamides is 1. The minimum Gasteiger partial charge on any atom is -0.396 e. The van der Waals surface area contributed by atoms with Gasteiger partial charge in [-0.05, 0) is 31.9 Å². The number of nitro groups is 1. The lowest BCUT2D eigenvalue weighted by molar-refractivity contribution is -0.385. The molecule has 0 spiro atoms. The molecule has 0 aliphatic heterocycles. The Kier molecular flexibility index (Phi) is 4.98. The number of nitrogens with one attached hydrogen (secondary N) is 1. The molecule has 0 fully saturated rings. The van der Waals surface area contributed by atoms with Gasteiger partial charge >= 0.3 is 0 Å². The van der Waals surface area contributed by atoms with Crippen LogP contribution in [0, 0.1) is 24.0 Å². The van der Waals surface area contributed by atoms with Crippen molar-refractivity contribution in [3.05, 3.63) is 33.4 Å². The van der Waals surface area contributed by atoms with Crippen LogP contribution in [0.4, 0.5) is 5.69 Å². The van der Waals surface area contributed by atoms with Crippen LogP contribution < -0.4 is 4.72 Å². The number of benzene rings is 1. The Hall–Kier alpha value is -1.51. The topological polar surface area (TPSA) is 110 Å². The van der Waals surface area contributed by atoms with E-state index in [0.717, 1.165) is 6.07 Å². The third kappa shape index (κ3) is 3.72. The largest absolute Gasteiger partial charge is 0.396 e. The van der Waals surface area contributed by atoms with E-state index in [-0.39, 0.29) is 30.2 Å². The highest BCUT2D eigenvalue weighted by molar-refractivity contribution is 7.89. The molecule has 0 radical (unpaired) electrons. The SMILES string of the molecule is Cc1cc(S(=O)(=O)NCCCO)cc([N+](=O)[O-])c1C. The van der Waals surface area contributed by atoms with Gasteiger partial charge in [-0.25, -0.2) is 13.1 Å². The second-order valence-electron chi connectivity index (χ2n) is 4.12. The number of rotatable bonds is 6. The zero-order valence-electron chi connectivity index (χ0n) is 10.7. The van der Waals surface area contributed by atoms with Crippen molar-refractivity contribution in [2.24, 2.45) is 0 Å². The zero-order chi connectivity index (χ0) is 14.6. The smallest absolute Gasteiger partial charge is 0.273 e. The van der Waals surface area contributed by atoms with Crippen LogP contribution in [-0.2, 0) is 10.0 Å². The summed E-state index contributed by atoms with van der Waals surface area (Å²) in [6, 6.07) is 2.44. The molecule has 0 bridgehead atoms. The van der Waals surface area contributed by atoms with Gasteiger partial charge in [-0.3, -0.25) is 10.1 Å². The summed E-state index contributed by atoms with van der Waals surface area (Å²) in [5.74, 6) is 0. The summed E-state index contributed by atoms with van der Waals surface area (Å²) in [6.07, 6.45) is 0.284. The van der Waals surface area contributed by atoms with Crippen molar-refractivity contribution in [3.8, 4) is 0 Å². The van der Waals surface area contributed by atoms with Crippen molar-refractivity contribution in [2.45, 2.75) is 25.2 Å². The van der Waals surface area contributed by atoms with Gasteiger partial charge in [0, 0.05) is 24.8 Å². The first-order valence-corrected chi connectivity index (χ1v) is 7.14. The number of aryl methyl sites for hydroxylation is 1. The standard InChI is InChI=1S/C11H16N2O5S/c1-8-6-10(7-11(9(8)2)13(15)16)19(17,18)12-4-3-5-14/h6-7,12,14H,3-5H2,1-2H3. The maximum atomic E-state index is 11.9. The van der Waals surface area contributed by atoms with E-state index in [2.05, 4.69) is 4.72 Å². The molecule has 0 heterocycles. The molecule has 19 heavy (non-hydrogen) atoms. The van der Waals surface area contributed by atoms with Crippen LogP contribution >= 0.6 is 0 Å². The van der Waals surface area contributed by atoms with Crippen LogP contribution in [-0.4, -0.2) is 31.6 Å². The summed E-state index contributed by atoms with van der Waals surface area (Å²) in [5, 5.41) is 19.5. The molecule has 0 unspecified atom stereocenters. The van der Waals surface area contributed by atoms with Gasteiger partial charge in [-0.2, -0.15) is 0 Å². The molecule has 0 amide bonds. The number of hydrogen-bond donors (Lipinski definition) is 2. The van der Waals surface area contributed by atoms with Crippen molar-refractivity contribution in [1.82, 2.24) is 4.72 Å². The normalized spacial score (nSPS) is 11.5. The summed E-state index contributed by atoms with van der Waals surface area (Å²) < 4.78 is 26.1. The highest BCUT2D eigenvalue weighted by Crippen LogP contribution is 2.25. The van der Waals surface area contributed by atoms with Gasteiger partial charge in [0.2, 0.25) is 10.0 Å². The molecule has 0 atom stereocenters. The van der Waals surface area contributed by atoms with Crippen LogP contribution in [0.15, 0.2) is 17.0 Å². The number of aliphatic hydroxyl groups excluding tert-OH is 1. The Labute approximate surface area is 111 Å². The molecule has 0 aliphatic rings. The lowest BCUT2D eigenvalue weighted by Gasteiger charge is -2.08. The Morgan fingerprint density at radius 3 is 2.53 bits per heavy atom. The van der Waals surface area contributed by atoms with Crippen molar-refractivity contribution < 1.29 is 18.4 Å². The van der Waals surface area contributed by atoms with Crippen LogP contribution in [0.1, 0.15) is 17.5 Å². The van der Waals surface area contributed by atoms with Gasteiger partial charge in [0.25, 0.3) is 5.69 Å². The first-order chi connectivity index (χ1) is 8.79. The third-order valence-corrected chi connectivity index (χ3v) is 4.19. The van der Waals surface area contributed by atoms with Gasteiger partial charge in [-0.1, -0.05) is 0 Å². The maximum absolute atomic E-state index is 11.9. The van der Waals surface area contributed by atoms with E-state index in [1.165, 1.54) is 6.07 Å². The number of hydrogen-bond acceptors (Lipinski definition) is 5. The fourth-order valence-corrected chi connectivity index (χ4v) is 2.70. The van der Waals surface area contributed by atoms with Crippen LogP contribution in [0.3, 0.4) is 0 Å². The summed E-state index contributed by atoms with van der Waals surface area (Å²) in [4.78, 5) is 10.1. The van der Waals surface area contributed by atoms with E-state index >= 15 is 0 Å². The molecule has 2 N–H and O–H groups in total. The molecule has 1 aromatic rings. The first kappa shape index (κ1) is 15.5. The quantitative estimate of drug-likeness (QED) is 0.458. The highest BCUT2D eigenvalue weighted by atomic mass is 32.2. The predicted octanol–water partition coefficient (Wildman–Crippen LogP) is 0.872. The minimum absolute atomic E-state index is 0.0829. The van der Waals surface area contributed by atoms with Gasteiger partial charge in [0.05, 0.1) is 9.82 Å². The van der Waals surface area contributed by atoms with Crippen molar-refractivity contribution in [3.63, 3.8) is 0 Å². The van der Waals surface area contributed by atoms with E-state index in [1.807, 2.05) is 0 Å². The number of nitrogens with zero attached hydrogens (tertiary/aromatic N) is 1. The van der Waals surface area contributed by atoms with Crippen molar-refractivity contribution >= 4 is 15.7 Å². The molecule has 8 heteroatoms. The van der Waals surface area contributed by atoms with Gasteiger partial charge < -0.3 is 5.11 Å². The first-order valence-electron chi connectivity index (χ1n) is 5.65. The van der Waals surface area contributed by atoms with Crippen molar-refractivity contribution in [2.75, 3.05) is 13.2 Å². The summed E-state index contributed by atoms with van der Waals surface area (Å²) >= 11 is 0. The maximum Gasteiger partial charge on any atom is 0.273 e. The molecule has 1 rings (SSSR count). The average molecular weight is 288 g/mol. The van der Waals surface area contributed by atoms with E-state index in [4.69, 9.17) is 5.11 Å². The molecule has 1 aromatic carbocycles. The van der Waals surface area contributed by atoms with Gasteiger partial charge in [-0.15, -0.1) is 0 Å². The Bertz CT molecular complexity index is 583. The molecular weight excluding hydrogens is 272 g/mol. The fourth-order valence-electron chi connectivity index (χ4n) is 1.52. The molecule has 0 aliphatic carbocycles. The van der Waals surface area contributed by atoms with Crippen LogP contribution in [0.2, 0.25) is 0 Å². The Morgan fingerprint density at radius 1 is 1.37 bits per heavy atom. The lowest BCUT2D eigenvalue weighted by Crippen LogP contribution is -2.25. The Morgan fingerprint density at radius 2 is 2.00 bits per heavy atom. The number of aliphatic hydroxyl groups is 1. The summed E-state index contributed by atoms with van der Waals surface area (Å²) in [5.41, 5.74) is 0.763. The van der Waals surface area contributed by atoms with E-state index < -0.39 is 14.9 Å². The molecule has 0 saturated carbocycles. The molecule has 0 saturated heterocycles. The average Bonchev–Trinajstić information content (AvgIpc) is 2.32. The van der Waals surface area contributed by atoms with Crippen LogP contribution in [0.25, 0.3) is 0 Å². The van der Waals surface area contributed by atoms with Gasteiger partial charge in [0.1, 0.15) is 0 Å². The second kappa shape index (κ2) is 6.09. The summed E-state index contributed by atoms with van der Waals surface area (Å²) in [7, 11) is -3.79. The van der Waals surface area contributed by atoms with E-state index in [0.29, 0.717) is 11.1 Å². The van der Waals surface area contributed by atoms with E-state index in [9.17, 15) is 18.5 Å². The van der Waals surface area contributed by atoms with E-state index in [1.54, 1.807) is 13.8 Å². The fraction of sp³-hybridized carbons (Fsp3) is 0.455. The predicted molar refractivity (Wildman–Crippen MR) is 69.5 cm³/mol.